The molecular weight excluding hydrogens is 188 g/mol. The highest BCUT2D eigenvalue weighted by molar-refractivity contribution is 5.76. The second kappa shape index (κ2) is 4.03. The minimum absolute atomic E-state index is 0.243. The van der Waals surface area contributed by atoms with Gasteiger partial charge in [0.2, 0.25) is 5.91 Å². The number of hydrogen-bond acceptors (Lipinski definition) is 2. The lowest BCUT2D eigenvalue weighted by molar-refractivity contribution is -0.119. The Morgan fingerprint density at radius 2 is 2.33 bits per heavy atom. The van der Waals surface area contributed by atoms with Gasteiger partial charge in [0.15, 0.2) is 0 Å². The van der Waals surface area contributed by atoms with E-state index in [1.807, 2.05) is 0 Å². The molecule has 0 aliphatic carbocycles. The van der Waals surface area contributed by atoms with Crippen LogP contribution in [0.3, 0.4) is 0 Å². The fraction of sp³-hybridized carbons (Fsp3) is 0.417. The largest absolute Gasteiger partial charge is 0.369 e. The van der Waals surface area contributed by atoms with E-state index < -0.39 is 0 Å². The normalized spacial score (nSPS) is 16.1. The summed E-state index contributed by atoms with van der Waals surface area (Å²) in [5.41, 5.74) is 9.29. The van der Waals surface area contributed by atoms with Crippen molar-refractivity contribution >= 4 is 5.91 Å². The SMILES string of the molecule is Cc1cccc2c1CN(CC(N)=O)CC2. The second-order valence-electron chi connectivity index (χ2n) is 4.14. The van der Waals surface area contributed by atoms with E-state index in [2.05, 4.69) is 30.0 Å². The summed E-state index contributed by atoms with van der Waals surface area (Å²) in [4.78, 5) is 13.0. The van der Waals surface area contributed by atoms with E-state index >= 15 is 0 Å². The molecule has 1 aliphatic rings. The summed E-state index contributed by atoms with van der Waals surface area (Å²) in [6.45, 7) is 4.27. The molecule has 80 valence electrons. The molecule has 1 amide bonds. The van der Waals surface area contributed by atoms with Gasteiger partial charge in [-0.25, -0.2) is 0 Å². The van der Waals surface area contributed by atoms with Gasteiger partial charge in [0.1, 0.15) is 0 Å². The maximum atomic E-state index is 10.8. The van der Waals surface area contributed by atoms with Crippen LogP contribution >= 0.6 is 0 Å². The highest BCUT2D eigenvalue weighted by atomic mass is 16.1. The van der Waals surface area contributed by atoms with Crippen molar-refractivity contribution in [1.82, 2.24) is 4.90 Å². The van der Waals surface area contributed by atoms with Crippen LogP contribution < -0.4 is 5.73 Å². The third-order valence-corrected chi connectivity index (χ3v) is 2.97. The summed E-state index contributed by atoms with van der Waals surface area (Å²) in [6, 6.07) is 6.38. The predicted octanol–water partition coefficient (Wildman–Crippen LogP) is 0.838. The van der Waals surface area contributed by atoms with Crippen LogP contribution in [0.1, 0.15) is 16.7 Å². The van der Waals surface area contributed by atoms with Gasteiger partial charge in [-0.1, -0.05) is 18.2 Å². The van der Waals surface area contributed by atoms with E-state index in [0.717, 1.165) is 19.5 Å². The van der Waals surface area contributed by atoms with Crippen LogP contribution in [0.2, 0.25) is 0 Å². The number of carbonyl (C=O) groups is 1. The van der Waals surface area contributed by atoms with E-state index in [1.54, 1.807) is 0 Å². The van der Waals surface area contributed by atoms with Crippen LogP contribution in [-0.4, -0.2) is 23.9 Å². The van der Waals surface area contributed by atoms with Crippen LogP contribution in [0.25, 0.3) is 0 Å². The van der Waals surface area contributed by atoms with E-state index in [0.29, 0.717) is 6.54 Å². The van der Waals surface area contributed by atoms with E-state index in [1.165, 1.54) is 16.7 Å². The molecule has 1 aliphatic heterocycles. The van der Waals surface area contributed by atoms with Gasteiger partial charge in [0.05, 0.1) is 6.54 Å². The smallest absolute Gasteiger partial charge is 0.231 e. The summed E-state index contributed by atoms with van der Waals surface area (Å²) in [7, 11) is 0. The molecule has 0 radical (unpaired) electrons. The van der Waals surface area contributed by atoms with Gasteiger partial charge in [0, 0.05) is 13.1 Å². The van der Waals surface area contributed by atoms with Crippen molar-refractivity contribution in [3.63, 3.8) is 0 Å². The zero-order valence-electron chi connectivity index (χ0n) is 8.99. The Morgan fingerprint density at radius 1 is 1.53 bits per heavy atom. The third kappa shape index (κ3) is 2.18. The highest BCUT2D eigenvalue weighted by Gasteiger charge is 2.18. The summed E-state index contributed by atoms with van der Waals surface area (Å²) in [6.07, 6.45) is 1.02. The number of nitrogens with zero attached hydrogens (tertiary/aromatic N) is 1. The molecule has 0 unspecified atom stereocenters. The average Bonchev–Trinajstić information content (AvgIpc) is 2.18. The Hall–Kier alpha value is -1.35. The fourth-order valence-electron chi connectivity index (χ4n) is 2.16. The van der Waals surface area contributed by atoms with Crippen LogP contribution in [-0.2, 0) is 17.8 Å². The number of carbonyl (C=O) groups excluding carboxylic acids is 1. The summed E-state index contributed by atoms with van der Waals surface area (Å²) in [5, 5.41) is 0. The van der Waals surface area contributed by atoms with Crippen LogP contribution in [0, 0.1) is 6.92 Å². The molecule has 3 heteroatoms. The Bertz CT molecular complexity index is 387. The standard InChI is InChI=1S/C12H16N2O/c1-9-3-2-4-10-5-6-14(7-11(9)10)8-12(13)15/h2-4H,5-8H2,1H3,(H2,13,15). The number of aryl methyl sites for hydroxylation is 1. The van der Waals surface area contributed by atoms with Crippen LogP contribution in [0.15, 0.2) is 18.2 Å². The van der Waals surface area contributed by atoms with Gasteiger partial charge in [-0.15, -0.1) is 0 Å². The topological polar surface area (TPSA) is 46.3 Å². The maximum absolute atomic E-state index is 10.8. The minimum atomic E-state index is -0.243. The lowest BCUT2D eigenvalue weighted by atomic mass is 9.96. The number of fused-ring (bicyclic) bond motifs is 1. The van der Waals surface area contributed by atoms with Crippen LogP contribution in [0.4, 0.5) is 0 Å². The van der Waals surface area contributed by atoms with Gasteiger partial charge >= 0.3 is 0 Å². The number of rotatable bonds is 2. The molecule has 0 bridgehead atoms. The summed E-state index contributed by atoms with van der Waals surface area (Å²) < 4.78 is 0. The number of primary amides is 1. The lowest BCUT2D eigenvalue weighted by Crippen LogP contribution is -2.37. The molecule has 2 N–H and O–H groups in total. The lowest BCUT2D eigenvalue weighted by Gasteiger charge is -2.28. The molecule has 0 saturated carbocycles. The van der Waals surface area contributed by atoms with E-state index in [-0.39, 0.29) is 5.91 Å². The maximum Gasteiger partial charge on any atom is 0.231 e. The van der Waals surface area contributed by atoms with Crippen molar-refractivity contribution in [3.8, 4) is 0 Å². The minimum Gasteiger partial charge on any atom is -0.369 e. The number of benzene rings is 1. The molecule has 3 nitrogen and oxygen atoms in total. The summed E-state index contributed by atoms with van der Waals surface area (Å²) in [5.74, 6) is -0.243. The number of amides is 1. The van der Waals surface area contributed by atoms with E-state index in [4.69, 9.17) is 5.73 Å². The molecule has 0 atom stereocenters. The first-order valence-electron chi connectivity index (χ1n) is 5.25. The second-order valence-corrected chi connectivity index (χ2v) is 4.14. The van der Waals surface area contributed by atoms with Crippen molar-refractivity contribution in [1.29, 1.82) is 0 Å². The van der Waals surface area contributed by atoms with Crippen molar-refractivity contribution < 1.29 is 4.79 Å². The first-order chi connectivity index (χ1) is 7.16. The molecule has 0 spiro atoms. The van der Waals surface area contributed by atoms with E-state index in [9.17, 15) is 4.79 Å². The zero-order valence-corrected chi connectivity index (χ0v) is 8.99. The van der Waals surface area contributed by atoms with Gasteiger partial charge < -0.3 is 5.73 Å². The van der Waals surface area contributed by atoms with Crippen LogP contribution in [0.5, 0.6) is 0 Å². The fourth-order valence-corrected chi connectivity index (χ4v) is 2.16. The molecule has 0 saturated heterocycles. The first-order valence-corrected chi connectivity index (χ1v) is 5.25. The molecular formula is C12H16N2O. The van der Waals surface area contributed by atoms with Gasteiger partial charge in [-0.05, 0) is 30.0 Å². The van der Waals surface area contributed by atoms with Crippen molar-refractivity contribution in [2.75, 3.05) is 13.1 Å². The third-order valence-electron chi connectivity index (χ3n) is 2.97. The molecule has 1 aromatic carbocycles. The van der Waals surface area contributed by atoms with Crippen molar-refractivity contribution in [2.45, 2.75) is 19.9 Å². The quantitative estimate of drug-likeness (QED) is 0.776. The average molecular weight is 204 g/mol. The molecule has 0 aromatic heterocycles. The van der Waals surface area contributed by atoms with Gasteiger partial charge in [-0.3, -0.25) is 9.69 Å². The Kier molecular flexibility index (Phi) is 2.73. The molecule has 0 fully saturated rings. The Morgan fingerprint density at radius 3 is 3.07 bits per heavy atom. The predicted molar refractivity (Wildman–Crippen MR) is 59.4 cm³/mol. The van der Waals surface area contributed by atoms with Crippen molar-refractivity contribution in [3.05, 3.63) is 34.9 Å². The molecule has 1 heterocycles. The number of hydrogen-bond donors (Lipinski definition) is 1. The van der Waals surface area contributed by atoms with Gasteiger partial charge in [-0.2, -0.15) is 0 Å². The van der Waals surface area contributed by atoms with Crippen molar-refractivity contribution in [2.24, 2.45) is 5.73 Å². The zero-order chi connectivity index (χ0) is 10.8. The highest BCUT2D eigenvalue weighted by Crippen LogP contribution is 2.21. The monoisotopic (exact) mass is 204 g/mol. The Balaban J connectivity index is 2.18. The Labute approximate surface area is 89.9 Å². The molecule has 2 rings (SSSR count). The first kappa shape index (κ1) is 10.2. The van der Waals surface area contributed by atoms with Gasteiger partial charge in [0.25, 0.3) is 0 Å². The molecule has 15 heavy (non-hydrogen) atoms. The molecule has 1 aromatic rings. The number of nitrogens with two attached hydrogens (primary N) is 1. The summed E-state index contributed by atoms with van der Waals surface area (Å²) >= 11 is 0.